The van der Waals surface area contributed by atoms with Gasteiger partial charge in [-0.3, -0.25) is 0 Å². The molecule has 17 heavy (non-hydrogen) atoms. The summed E-state index contributed by atoms with van der Waals surface area (Å²) in [5.74, 6) is -2.34. The van der Waals surface area contributed by atoms with Crippen molar-refractivity contribution in [2.75, 3.05) is 11.9 Å². The van der Waals surface area contributed by atoms with Crippen LogP contribution in [0.25, 0.3) is 0 Å². The summed E-state index contributed by atoms with van der Waals surface area (Å²) in [6, 6.07) is 1.11. The Labute approximate surface area is 97.3 Å². The van der Waals surface area contributed by atoms with Crippen molar-refractivity contribution in [2.24, 2.45) is 0 Å². The molecular formula is C11H13FN2O3. The van der Waals surface area contributed by atoms with Crippen LogP contribution in [-0.4, -0.2) is 33.3 Å². The van der Waals surface area contributed by atoms with E-state index in [0.717, 1.165) is 25.3 Å². The van der Waals surface area contributed by atoms with Crippen LogP contribution in [0.3, 0.4) is 0 Å². The Morgan fingerprint density at radius 2 is 2.29 bits per heavy atom. The van der Waals surface area contributed by atoms with Crippen molar-refractivity contribution in [3.8, 4) is 0 Å². The highest BCUT2D eigenvalue weighted by Gasteiger charge is 2.37. The lowest BCUT2D eigenvalue weighted by molar-refractivity contribution is 0.0691. The topological polar surface area (TPSA) is 82.5 Å². The minimum atomic E-state index is -1.33. The van der Waals surface area contributed by atoms with E-state index in [1.165, 1.54) is 6.20 Å². The van der Waals surface area contributed by atoms with E-state index < -0.39 is 22.9 Å². The van der Waals surface area contributed by atoms with Crippen LogP contribution >= 0.6 is 0 Å². The van der Waals surface area contributed by atoms with Gasteiger partial charge in [0.1, 0.15) is 5.56 Å². The average Bonchev–Trinajstić information content (AvgIpc) is 2.25. The van der Waals surface area contributed by atoms with Gasteiger partial charge in [0, 0.05) is 6.20 Å². The maximum absolute atomic E-state index is 13.8. The summed E-state index contributed by atoms with van der Waals surface area (Å²) in [5.41, 5.74) is -0.972. The largest absolute Gasteiger partial charge is 0.478 e. The number of aliphatic hydroxyl groups excluding tert-OH is 1. The minimum Gasteiger partial charge on any atom is -0.478 e. The third kappa shape index (κ3) is 2.08. The minimum absolute atomic E-state index is 0.112. The van der Waals surface area contributed by atoms with E-state index in [9.17, 15) is 14.3 Å². The van der Waals surface area contributed by atoms with E-state index >= 15 is 0 Å². The molecule has 1 heterocycles. The molecule has 1 fully saturated rings. The monoisotopic (exact) mass is 240 g/mol. The van der Waals surface area contributed by atoms with E-state index in [4.69, 9.17) is 5.11 Å². The third-order valence-electron chi connectivity index (χ3n) is 3.12. The lowest BCUT2D eigenvalue weighted by atomic mass is 9.77. The standard InChI is InChI=1S/C11H13FN2O3/c12-8-7(10(16)17)2-5-13-9(8)14-11(6-15)3-1-4-11/h2,5,15H,1,3-4,6H2,(H,13,14)(H,16,17). The zero-order chi connectivity index (χ0) is 12.5. The molecule has 92 valence electrons. The van der Waals surface area contributed by atoms with E-state index in [2.05, 4.69) is 10.3 Å². The zero-order valence-electron chi connectivity index (χ0n) is 9.11. The molecule has 6 heteroatoms. The van der Waals surface area contributed by atoms with Crippen molar-refractivity contribution >= 4 is 11.8 Å². The van der Waals surface area contributed by atoms with Gasteiger partial charge >= 0.3 is 5.97 Å². The fourth-order valence-electron chi connectivity index (χ4n) is 1.87. The zero-order valence-corrected chi connectivity index (χ0v) is 9.11. The van der Waals surface area contributed by atoms with Crippen molar-refractivity contribution in [1.29, 1.82) is 0 Å². The number of hydrogen-bond acceptors (Lipinski definition) is 4. The molecule has 1 saturated carbocycles. The Bertz CT molecular complexity index is 441. The second kappa shape index (κ2) is 4.29. The molecule has 1 aliphatic rings. The number of anilines is 1. The molecule has 5 nitrogen and oxygen atoms in total. The van der Waals surface area contributed by atoms with Crippen molar-refractivity contribution < 1.29 is 19.4 Å². The third-order valence-corrected chi connectivity index (χ3v) is 3.12. The van der Waals surface area contributed by atoms with Gasteiger partial charge in [0.15, 0.2) is 11.6 Å². The van der Waals surface area contributed by atoms with Gasteiger partial charge in [0.2, 0.25) is 0 Å². The summed E-state index contributed by atoms with van der Waals surface area (Å²) in [7, 11) is 0. The number of aliphatic hydroxyl groups is 1. The molecular weight excluding hydrogens is 227 g/mol. The number of aromatic nitrogens is 1. The predicted octanol–water partition coefficient (Wildman–Crippen LogP) is 1.25. The SMILES string of the molecule is O=C(O)c1ccnc(NC2(CO)CCC2)c1F. The molecule has 1 aromatic heterocycles. The second-order valence-corrected chi connectivity index (χ2v) is 4.24. The molecule has 0 saturated heterocycles. The fraction of sp³-hybridized carbons (Fsp3) is 0.455. The highest BCUT2D eigenvalue weighted by Crippen LogP contribution is 2.35. The lowest BCUT2D eigenvalue weighted by Gasteiger charge is -2.41. The number of nitrogens with zero attached hydrogens (tertiary/aromatic N) is 1. The Morgan fingerprint density at radius 1 is 1.59 bits per heavy atom. The molecule has 0 bridgehead atoms. The summed E-state index contributed by atoms with van der Waals surface area (Å²) in [5, 5.41) is 20.8. The van der Waals surface area contributed by atoms with Crippen LogP contribution in [0.5, 0.6) is 0 Å². The van der Waals surface area contributed by atoms with Gasteiger partial charge in [0.25, 0.3) is 0 Å². The lowest BCUT2D eigenvalue weighted by Crippen LogP contribution is -2.48. The van der Waals surface area contributed by atoms with Gasteiger partial charge in [0.05, 0.1) is 12.1 Å². The maximum atomic E-state index is 13.8. The van der Waals surface area contributed by atoms with E-state index in [1.807, 2.05) is 0 Å². The highest BCUT2D eigenvalue weighted by molar-refractivity contribution is 5.88. The summed E-state index contributed by atoms with van der Waals surface area (Å²) in [4.78, 5) is 14.5. The van der Waals surface area contributed by atoms with Crippen LogP contribution in [0, 0.1) is 5.82 Å². The van der Waals surface area contributed by atoms with Gasteiger partial charge in [-0.05, 0) is 25.3 Å². The van der Waals surface area contributed by atoms with Gasteiger partial charge in [-0.25, -0.2) is 14.2 Å². The van der Waals surface area contributed by atoms with Gasteiger partial charge in [-0.15, -0.1) is 0 Å². The van der Waals surface area contributed by atoms with Gasteiger partial charge in [-0.2, -0.15) is 0 Å². The molecule has 3 N–H and O–H groups in total. The Balaban J connectivity index is 2.27. The maximum Gasteiger partial charge on any atom is 0.338 e. The number of hydrogen-bond donors (Lipinski definition) is 3. The molecule has 0 spiro atoms. The summed E-state index contributed by atoms with van der Waals surface area (Å²) < 4.78 is 13.8. The smallest absolute Gasteiger partial charge is 0.338 e. The van der Waals surface area contributed by atoms with Crippen molar-refractivity contribution in [1.82, 2.24) is 4.98 Å². The number of nitrogens with one attached hydrogen (secondary N) is 1. The fourth-order valence-corrected chi connectivity index (χ4v) is 1.87. The van der Waals surface area contributed by atoms with Crippen LogP contribution in [0.4, 0.5) is 10.2 Å². The first kappa shape index (κ1) is 11.8. The van der Waals surface area contributed by atoms with E-state index in [-0.39, 0.29) is 12.4 Å². The number of carboxylic acids is 1. The number of carboxylic acid groups (broad SMARTS) is 1. The van der Waals surface area contributed by atoms with Crippen LogP contribution in [0.1, 0.15) is 29.6 Å². The summed E-state index contributed by atoms with van der Waals surface area (Å²) >= 11 is 0. The predicted molar refractivity (Wildman–Crippen MR) is 58.4 cm³/mol. The van der Waals surface area contributed by atoms with Crippen molar-refractivity contribution in [3.05, 3.63) is 23.6 Å². The highest BCUT2D eigenvalue weighted by atomic mass is 19.1. The quantitative estimate of drug-likeness (QED) is 0.737. The van der Waals surface area contributed by atoms with Crippen LogP contribution < -0.4 is 5.32 Å². The number of rotatable bonds is 4. The van der Waals surface area contributed by atoms with E-state index in [0.29, 0.717) is 0 Å². The molecule has 0 atom stereocenters. The molecule has 0 radical (unpaired) electrons. The molecule has 2 rings (SSSR count). The number of halogens is 1. The van der Waals surface area contributed by atoms with Gasteiger partial charge in [-0.1, -0.05) is 0 Å². The summed E-state index contributed by atoms with van der Waals surface area (Å²) in [6.45, 7) is -0.120. The molecule has 0 amide bonds. The Hall–Kier alpha value is -1.69. The van der Waals surface area contributed by atoms with Crippen molar-refractivity contribution in [3.63, 3.8) is 0 Å². The van der Waals surface area contributed by atoms with E-state index in [1.54, 1.807) is 0 Å². The second-order valence-electron chi connectivity index (χ2n) is 4.24. The Morgan fingerprint density at radius 3 is 2.76 bits per heavy atom. The number of carbonyl (C=O) groups is 1. The first-order valence-electron chi connectivity index (χ1n) is 5.35. The molecule has 1 aromatic rings. The van der Waals surface area contributed by atoms with Crippen molar-refractivity contribution in [2.45, 2.75) is 24.8 Å². The summed E-state index contributed by atoms with van der Waals surface area (Å²) in [6.07, 6.45) is 3.64. The molecule has 0 aromatic carbocycles. The normalized spacial score (nSPS) is 17.3. The molecule has 0 aliphatic heterocycles. The molecule has 1 aliphatic carbocycles. The number of pyridine rings is 1. The van der Waals surface area contributed by atoms with Crippen LogP contribution in [0.15, 0.2) is 12.3 Å². The first-order chi connectivity index (χ1) is 8.08. The van der Waals surface area contributed by atoms with Crippen LogP contribution in [-0.2, 0) is 0 Å². The Kier molecular flexibility index (Phi) is 2.97. The van der Waals surface area contributed by atoms with Gasteiger partial charge < -0.3 is 15.5 Å². The average molecular weight is 240 g/mol. The molecule has 0 unspecified atom stereocenters. The first-order valence-corrected chi connectivity index (χ1v) is 5.35. The number of aromatic carboxylic acids is 1. The van der Waals surface area contributed by atoms with Crippen LogP contribution in [0.2, 0.25) is 0 Å².